The summed E-state index contributed by atoms with van der Waals surface area (Å²) in [6.45, 7) is -0.413. The molecule has 0 fully saturated rings. The molecule has 3 amide bonds. The first kappa shape index (κ1) is 23.9. The molecular formula is C17H24N8O5S. The topological polar surface area (TPSA) is 208 Å². The Balaban J connectivity index is 1.81. The molecule has 2 rings (SSSR count). The fraction of sp³-hybridized carbons (Fsp3) is 0.412. The maximum Gasteiger partial charge on any atom is 0.326 e. The normalized spacial score (nSPS) is 13.6. The number of aromatic amines is 2. The molecule has 0 aliphatic carbocycles. The van der Waals surface area contributed by atoms with E-state index in [4.69, 9.17) is 5.73 Å². The molecule has 8 N–H and O–H groups in total. The molecule has 14 heteroatoms. The van der Waals surface area contributed by atoms with Gasteiger partial charge in [-0.2, -0.15) is 12.6 Å². The van der Waals surface area contributed by atoms with Crippen LogP contribution in [-0.4, -0.2) is 79.2 Å². The molecule has 0 radical (unpaired) electrons. The SMILES string of the molecule is NC(Cc1cnc[nH]1)C(=O)NCC(=O)NC(CS)C(=O)NC(Cc1cnc[nH]1)C(=O)O. The second kappa shape index (κ2) is 11.7. The van der Waals surface area contributed by atoms with Crippen molar-refractivity contribution in [2.24, 2.45) is 5.73 Å². The Morgan fingerprint density at radius 2 is 1.61 bits per heavy atom. The van der Waals surface area contributed by atoms with Crippen molar-refractivity contribution in [1.29, 1.82) is 0 Å². The summed E-state index contributed by atoms with van der Waals surface area (Å²) in [6.07, 6.45) is 6.02. The van der Waals surface area contributed by atoms with Crippen molar-refractivity contribution in [3.05, 3.63) is 36.4 Å². The molecule has 2 aromatic rings. The minimum Gasteiger partial charge on any atom is -0.480 e. The Bertz CT molecular complexity index is 873. The monoisotopic (exact) mass is 452 g/mol. The number of hydrogen-bond acceptors (Lipinski definition) is 8. The highest BCUT2D eigenvalue weighted by atomic mass is 32.1. The molecule has 31 heavy (non-hydrogen) atoms. The molecule has 2 heterocycles. The van der Waals surface area contributed by atoms with Crippen LogP contribution in [-0.2, 0) is 32.0 Å². The Labute approximate surface area is 182 Å². The van der Waals surface area contributed by atoms with Gasteiger partial charge >= 0.3 is 5.97 Å². The van der Waals surface area contributed by atoms with Crippen LogP contribution in [0.3, 0.4) is 0 Å². The molecule has 0 aliphatic rings. The number of imidazole rings is 2. The lowest BCUT2D eigenvalue weighted by molar-refractivity contribution is -0.142. The molecule has 0 saturated carbocycles. The molecule has 168 valence electrons. The molecule has 0 spiro atoms. The second-order valence-electron chi connectivity index (χ2n) is 6.59. The standard InChI is InChI=1S/C17H24N8O5S/c18-11(1-9-3-19-7-22-9)15(27)21-5-14(26)24-13(6-31)16(28)25-12(17(29)30)2-10-4-20-8-23-10/h3-4,7-8,11-13,31H,1-2,5-6,18H2,(H,19,22)(H,20,23)(H,21,27)(H,24,26)(H,25,28)(H,29,30). The first-order chi connectivity index (χ1) is 14.8. The van der Waals surface area contributed by atoms with E-state index >= 15 is 0 Å². The van der Waals surface area contributed by atoms with Gasteiger partial charge in [-0.25, -0.2) is 14.8 Å². The predicted octanol–water partition coefficient (Wildman–Crippen LogP) is -2.65. The fourth-order valence-electron chi connectivity index (χ4n) is 2.55. The van der Waals surface area contributed by atoms with Crippen LogP contribution < -0.4 is 21.7 Å². The zero-order chi connectivity index (χ0) is 22.8. The number of H-pyrrole nitrogens is 2. The lowest BCUT2D eigenvalue weighted by atomic mass is 10.1. The quantitative estimate of drug-likeness (QED) is 0.159. The molecule has 2 aromatic heterocycles. The van der Waals surface area contributed by atoms with Crippen LogP contribution >= 0.6 is 12.6 Å². The molecule has 0 aromatic carbocycles. The molecule has 0 saturated heterocycles. The van der Waals surface area contributed by atoms with Gasteiger partial charge in [0.15, 0.2) is 0 Å². The van der Waals surface area contributed by atoms with Crippen molar-refractivity contribution < 1.29 is 24.3 Å². The Morgan fingerprint density at radius 1 is 1.00 bits per heavy atom. The zero-order valence-electron chi connectivity index (χ0n) is 16.4. The number of nitrogens with two attached hydrogens (primary N) is 1. The number of nitrogens with one attached hydrogen (secondary N) is 5. The lowest BCUT2D eigenvalue weighted by Gasteiger charge is -2.20. The van der Waals surface area contributed by atoms with E-state index < -0.39 is 48.4 Å². The van der Waals surface area contributed by atoms with Gasteiger partial charge in [-0.15, -0.1) is 0 Å². The van der Waals surface area contributed by atoms with E-state index in [0.29, 0.717) is 11.4 Å². The van der Waals surface area contributed by atoms with Crippen LogP contribution in [0.4, 0.5) is 0 Å². The Hall–Kier alpha value is -3.39. The van der Waals surface area contributed by atoms with Gasteiger partial charge in [0.25, 0.3) is 0 Å². The van der Waals surface area contributed by atoms with E-state index in [9.17, 15) is 24.3 Å². The van der Waals surface area contributed by atoms with Gasteiger partial charge in [0.1, 0.15) is 12.1 Å². The number of carbonyl (C=O) groups excluding carboxylic acids is 3. The molecule has 3 unspecified atom stereocenters. The number of nitrogens with zero attached hydrogens (tertiary/aromatic N) is 2. The summed E-state index contributed by atoms with van der Waals surface area (Å²) >= 11 is 4.03. The number of aliphatic carboxylic acids is 1. The van der Waals surface area contributed by atoms with Crippen LogP contribution in [0, 0.1) is 0 Å². The number of rotatable bonds is 12. The van der Waals surface area contributed by atoms with E-state index in [1.165, 1.54) is 25.0 Å². The minimum absolute atomic E-state index is 0.0153. The van der Waals surface area contributed by atoms with Crippen LogP contribution in [0.25, 0.3) is 0 Å². The van der Waals surface area contributed by atoms with Crippen LogP contribution in [0.2, 0.25) is 0 Å². The van der Waals surface area contributed by atoms with E-state index in [0.717, 1.165) is 0 Å². The summed E-state index contributed by atoms with van der Waals surface area (Å²) in [4.78, 5) is 61.1. The van der Waals surface area contributed by atoms with E-state index in [1.807, 2.05) is 0 Å². The molecule has 3 atom stereocenters. The van der Waals surface area contributed by atoms with Gasteiger partial charge in [0.05, 0.1) is 25.2 Å². The highest BCUT2D eigenvalue weighted by Crippen LogP contribution is 2.01. The number of carboxylic acids is 1. The van der Waals surface area contributed by atoms with Gasteiger partial charge in [-0.05, 0) is 0 Å². The number of hydrogen-bond donors (Lipinski definition) is 8. The highest BCUT2D eigenvalue weighted by molar-refractivity contribution is 7.80. The van der Waals surface area contributed by atoms with E-state index in [1.54, 1.807) is 0 Å². The maximum absolute atomic E-state index is 12.4. The number of amides is 3. The lowest BCUT2D eigenvalue weighted by Crippen LogP contribution is -2.55. The summed E-state index contributed by atoms with van der Waals surface area (Å²) in [5.74, 6) is -3.26. The highest BCUT2D eigenvalue weighted by Gasteiger charge is 2.26. The molecule has 0 bridgehead atoms. The fourth-order valence-corrected chi connectivity index (χ4v) is 2.81. The minimum atomic E-state index is -1.24. The zero-order valence-corrected chi connectivity index (χ0v) is 17.3. The maximum atomic E-state index is 12.4. The summed E-state index contributed by atoms with van der Waals surface area (Å²) < 4.78 is 0. The second-order valence-corrected chi connectivity index (χ2v) is 6.95. The first-order valence-corrected chi connectivity index (χ1v) is 9.84. The van der Waals surface area contributed by atoms with Crippen molar-refractivity contribution in [3.8, 4) is 0 Å². The molecular weight excluding hydrogens is 428 g/mol. The van der Waals surface area contributed by atoms with Crippen molar-refractivity contribution in [3.63, 3.8) is 0 Å². The van der Waals surface area contributed by atoms with Crippen LogP contribution in [0.1, 0.15) is 11.4 Å². The average Bonchev–Trinajstić information content (AvgIpc) is 3.43. The van der Waals surface area contributed by atoms with Crippen LogP contribution in [0.5, 0.6) is 0 Å². The van der Waals surface area contributed by atoms with E-state index in [2.05, 4.69) is 48.5 Å². The average molecular weight is 452 g/mol. The number of carboxylic acid groups (broad SMARTS) is 1. The van der Waals surface area contributed by atoms with Crippen molar-refractivity contribution in [1.82, 2.24) is 35.9 Å². The smallest absolute Gasteiger partial charge is 0.326 e. The third kappa shape index (κ3) is 7.75. The first-order valence-electron chi connectivity index (χ1n) is 9.21. The van der Waals surface area contributed by atoms with Gasteiger partial charge in [-0.3, -0.25) is 14.4 Å². The van der Waals surface area contributed by atoms with Gasteiger partial charge < -0.3 is 36.8 Å². The molecule has 13 nitrogen and oxygen atoms in total. The number of carbonyl (C=O) groups is 4. The summed E-state index contributed by atoms with van der Waals surface area (Å²) in [6, 6.07) is -3.22. The van der Waals surface area contributed by atoms with Gasteiger partial charge in [0, 0.05) is 42.4 Å². The summed E-state index contributed by atoms with van der Waals surface area (Å²) in [5.41, 5.74) is 6.97. The van der Waals surface area contributed by atoms with Gasteiger partial charge in [-0.1, -0.05) is 0 Å². The van der Waals surface area contributed by atoms with Crippen molar-refractivity contribution in [2.45, 2.75) is 31.0 Å². The third-order valence-corrected chi connectivity index (χ3v) is 4.55. The number of thiol groups is 1. The summed E-state index contributed by atoms with van der Waals surface area (Å²) in [7, 11) is 0. The van der Waals surface area contributed by atoms with E-state index in [-0.39, 0.29) is 18.6 Å². The number of aromatic nitrogens is 4. The molecule has 0 aliphatic heterocycles. The van der Waals surface area contributed by atoms with Crippen molar-refractivity contribution in [2.75, 3.05) is 12.3 Å². The predicted molar refractivity (Wildman–Crippen MR) is 111 cm³/mol. The third-order valence-electron chi connectivity index (χ3n) is 4.18. The van der Waals surface area contributed by atoms with Gasteiger partial charge in [0.2, 0.25) is 17.7 Å². The largest absolute Gasteiger partial charge is 0.480 e. The van der Waals surface area contributed by atoms with Crippen LogP contribution in [0.15, 0.2) is 25.0 Å². The summed E-state index contributed by atoms with van der Waals surface area (Å²) in [5, 5.41) is 16.5. The Kier molecular flexibility index (Phi) is 9.02. The Morgan fingerprint density at radius 3 is 2.13 bits per heavy atom. The van der Waals surface area contributed by atoms with Crippen molar-refractivity contribution >= 4 is 36.3 Å².